The minimum Gasteiger partial charge on any atom is -0.503 e. The maximum atomic E-state index is 13.9. The summed E-state index contributed by atoms with van der Waals surface area (Å²) in [6.45, 7) is 3.44. The topological polar surface area (TPSA) is 109 Å². The first-order chi connectivity index (χ1) is 18.3. The third-order valence-electron chi connectivity index (χ3n) is 6.57. The Hall–Kier alpha value is -4.85. The van der Waals surface area contributed by atoms with Gasteiger partial charge in [0.05, 0.1) is 18.7 Å². The third kappa shape index (κ3) is 4.30. The summed E-state index contributed by atoms with van der Waals surface area (Å²) in [6, 6.07) is 20.2. The number of para-hydroxylation sites is 1. The number of ether oxygens (including phenoxy) is 1. The fraction of sp³-hybridized carbons (Fsp3) is 0.167. The Balaban J connectivity index is 1.61. The molecule has 192 valence electrons. The van der Waals surface area contributed by atoms with Gasteiger partial charge in [-0.05, 0) is 53.9 Å². The van der Waals surface area contributed by atoms with Crippen LogP contribution in [0.2, 0.25) is 0 Å². The molecule has 0 radical (unpaired) electrons. The SMILES string of the molecule is CCc1ccc(C2C(C(=O)c3cc4cccc(OC)c4o3)=C(O)C(=O)N2c2ccc(NC(C)=O)cc2)cc1. The van der Waals surface area contributed by atoms with Gasteiger partial charge >= 0.3 is 0 Å². The lowest BCUT2D eigenvalue weighted by atomic mass is 9.94. The van der Waals surface area contributed by atoms with Crippen LogP contribution in [-0.4, -0.2) is 29.8 Å². The van der Waals surface area contributed by atoms with Crippen molar-refractivity contribution in [3.8, 4) is 5.75 Å². The minimum absolute atomic E-state index is 0.0168. The second-order valence-electron chi connectivity index (χ2n) is 8.98. The van der Waals surface area contributed by atoms with Crippen molar-refractivity contribution in [2.75, 3.05) is 17.3 Å². The number of ketones is 1. The van der Waals surface area contributed by atoms with Crippen LogP contribution in [-0.2, 0) is 16.0 Å². The van der Waals surface area contributed by atoms with E-state index >= 15 is 0 Å². The molecule has 0 fully saturated rings. The number of aliphatic hydroxyl groups is 1. The molecule has 1 unspecified atom stereocenters. The molecule has 2 N–H and O–H groups in total. The average Bonchev–Trinajstić information content (AvgIpc) is 3.47. The Kier molecular flexibility index (Phi) is 6.46. The second kappa shape index (κ2) is 9.89. The standard InChI is InChI=1S/C30H26N2O6/c1-4-18-8-10-19(11-9-18)26-25(27(34)24-16-20-6-5-7-23(37-3)29(20)38-24)28(35)30(36)32(26)22-14-12-21(13-15-22)31-17(2)33/h5-16,26,35H,4H2,1-3H3,(H,31,33). The van der Waals surface area contributed by atoms with Crippen LogP contribution in [0.5, 0.6) is 5.75 Å². The van der Waals surface area contributed by atoms with Crippen LogP contribution in [0.1, 0.15) is 41.6 Å². The van der Waals surface area contributed by atoms with E-state index in [1.807, 2.05) is 31.2 Å². The van der Waals surface area contributed by atoms with E-state index in [0.29, 0.717) is 33.7 Å². The Bertz CT molecular complexity index is 1580. The average molecular weight is 511 g/mol. The summed E-state index contributed by atoms with van der Waals surface area (Å²) in [6.07, 6.45) is 0.825. The van der Waals surface area contributed by atoms with Gasteiger partial charge in [0.1, 0.15) is 0 Å². The predicted octanol–water partition coefficient (Wildman–Crippen LogP) is 5.75. The fourth-order valence-electron chi connectivity index (χ4n) is 4.70. The lowest BCUT2D eigenvalue weighted by Gasteiger charge is -2.27. The zero-order chi connectivity index (χ0) is 27.0. The number of aliphatic hydroxyl groups excluding tert-OH is 1. The van der Waals surface area contributed by atoms with Crippen LogP contribution >= 0.6 is 0 Å². The number of benzene rings is 3. The molecule has 5 rings (SSSR count). The van der Waals surface area contributed by atoms with Gasteiger partial charge in [-0.1, -0.05) is 43.3 Å². The van der Waals surface area contributed by atoms with Gasteiger partial charge in [0.2, 0.25) is 11.7 Å². The number of amides is 2. The molecular weight excluding hydrogens is 484 g/mol. The van der Waals surface area contributed by atoms with E-state index in [1.165, 1.54) is 18.9 Å². The first-order valence-electron chi connectivity index (χ1n) is 12.2. The van der Waals surface area contributed by atoms with E-state index in [0.717, 1.165) is 12.0 Å². The summed E-state index contributed by atoms with van der Waals surface area (Å²) in [5.41, 5.74) is 3.08. The molecule has 0 aliphatic carbocycles. The van der Waals surface area contributed by atoms with E-state index in [2.05, 4.69) is 5.32 Å². The monoisotopic (exact) mass is 510 g/mol. The normalized spacial score (nSPS) is 15.3. The van der Waals surface area contributed by atoms with E-state index in [4.69, 9.17) is 9.15 Å². The smallest absolute Gasteiger partial charge is 0.294 e. The molecule has 2 amide bonds. The molecule has 4 aromatic rings. The summed E-state index contributed by atoms with van der Waals surface area (Å²) >= 11 is 0. The first-order valence-corrected chi connectivity index (χ1v) is 12.2. The zero-order valence-electron chi connectivity index (χ0n) is 21.1. The lowest BCUT2D eigenvalue weighted by Crippen LogP contribution is -2.31. The second-order valence-corrected chi connectivity index (χ2v) is 8.98. The molecule has 1 aliphatic rings. The molecule has 8 heteroatoms. The number of carbonyl (C=O) groups is 3. The van der Waals surface area contributed by atoms with Crippen molar-refractivity contribution >= 4 is 39.9 Å². The molecule has 3 aromatic carbocycles. The number of furan rings is 1. The number of carbonyl (C=O) groups excluding carboxylic acids is 3. The van der Waals surface area contributed by atoms with Crippen molar-refractivity contribution in [2.24, 2.45) is 0 Å². The molecule has 2 heterocycles. The van der Waals surface area contributed by atoms with Crippen LogP contribution in [0.4, 0.5) is 11.4 Å². The van der Waals surface area contributed by atoms with Crippen molar-refractivity contribution in [3.63, 3.8) is 0 Å². The van der Waals surface area contributed by atoms with Crippen molar-refractivity contribution < 1.29 is 28.6 Å². The maximum Gasteiger partial charge on any atom is 0.294 e. The van der Waals surface area contributed by atoms with E-state index in [1.54, 1.807) is 48.5 Å². The highest BCUT2D eigenvalue weighted by Crippen LogP contribution is 2.43. The van der Waals surface area contributed by atoms with Gasteiger partial charge < -0.3 is 19.6 Å². The maximum absolute atomic E-state index is 13.9. The predicted molar refractivity (Wildman–Crippen MR) is 144 cm³/mol. The molecule has 0 bridgehead atoms. The number of fused-ring (bicyclic) bond motifs is 1. The number of methoxy groups -OCH3 is 1. The first kappa shape index (κ1) is 24.8. The highest BCUT2D eigenvalue weighted by molar-refractivity contribution is 6.20. The van der Waals surface area contributed by atoms with Gasteiger partial charge in [0.15, 0.2) is 22.9 Å². The lowest BCUT2D eigenvalue weighted by molar-refractivity contribution is -0.117. The Morgan fingerprint density at radius 3 is 2.39 bits per heavy atom. The number of rotatable bonds is 7. The van der Waals surface area contributed by atoms with Gasteiger partial charge in [-0.2, -0.15) is 0 Å². The van der Waals surface area contributed by atoms with Crippen LogP contribution in [0, 0.1) is 0 Å². The molecule has 0 spiro atoms. The Morgan fingerprint density at radius 1 is 1.05 bits per heavy atom. The van der Waals surface area contributed by atoms with Crippen LogP contribution in [0.15, 0.2) is 88.5 Å². The summed E-state index contributed by atoms with van der Waals surface area (Å²) in [5.74, 6) is -1.72. The van der Waals surface area contributed by atoms with Crippen LogP contribution < -0.4 is 15.0 Å². The Morgan fingerprint density at radius 2 is 1.76 bits per heavy atom. The fourth-order valence-corrected chi connectivity index (χ4v) is 4.70. The minimum atomic E-state index is -0.900. The van der Waals surface area contributed by atoms with Crippen molar-refractivity contribution in [2.45, 2.75) is 26.3 Å². The zero-order valence-corrected chi connectivity index (χ0v) is 21.1. The summed E-state index contributed by atoms with van der Waals surface area (Å²) < 4.78 is 11.2. The Labute approximate surface area is 219 Å². The number of hydrogen-bond donors (Lipinski definition) is 2. The number of anilines is 2. The number of nitrogens with zero attached hydrogens (tertiary/aromatic N) is 1. The third-order valence-corrected chi connectivity index (χ3v) is 6.57. The molecule has 38 heavy (non-hydrogen) atoms. The number of aryl methyl sites for hydroxylation is 1. The van der Waals surface area contributed by atoms with Gasteiger partial charge in [-0.3, -0.25) is 19.3 Å². The molecule has 1 atom stereocenters. The largest absolute Gasteiger partial charge is 0.503 e. The van der Waals surface area contributed by atoms with E-state index in [-0.39, 0.29) is 17.2 Å². The number of hydrogen-bond acceptors (Lipinski definition) is 6. The van der Waals surface area contributed by atoms with E-state index in [9.17, 15) is 19.5 Å². The van der Waals surface area contributed by atoms with E-state index < -0.39 is 23.5 Å². The summed E-state index contributed by atoms with van der Waals surface area (Å²) in [7, 11) is 1.51. The van der Waals surface area contributed by atoms with Crippen LogP contribution in [0.25, 0.3) is 11.0 Å². The van der Waals surface area contributed by atoms with Crippen molar-refractivity contribution in [1.82, 2.24) is 0 Å². The number of Topliss-reactive ketones (excluding diaryl/α,β-unsaturated/α-hetero) is 1. The molecular formula is C30H26N2O6. The highest BCUT2D eigenvalue weighted by atomic mass is 16.5. The summed E-state index contributed by atoms with van der Waals surface area (Å²) in [4.78, 5) is 40.1. The quantitative estimate of drug-likeness (QED) is 0.307. The van der Waals surface area contributed by atoms with Gasteiger partial charge in [-0.25, -0.2) is 0 Å². The van der Waals surface area contributed by atoms with Gasteiger partial charge in [0.25, 0.3) is 5.91 Å². The molecule has 1 aromatic heterocycles. The van der Waals surface area contributed by atoms with Gasteiger partial charge in [-0.15, -0.1) is 0 Å². The molecule has 0 saturated heterocycles. The highest BCUT2D eigenvalue weighted by Gasteiger charge is 2.45. The van der Waals surface area contributed by atoms with Crippen molar-refractivity contribution in [1.29, 1.82) is 0 Å². The molecule has 1 aliphatic heterocycles. The van der Waals surface area contributed by atoms with Crippen LogP contribution in [0.3, 0.4) is 0 Å². The van der Waals surface area contributed by atoms with Gasteiger partial charge in [0, 0.05) is 23.7 Å². The number of nitrogens with one attached hydrogen (secondary N) is 1. The molecule has 0 saturated carbocycles. The van der Waals surface area contributed by atoms with Crippen molar-refractivity contribution in [3.05, 3.63) is 101 Å². The molecule has 8 nitrogen and oxygen atoms in total. The summed E-state index contributed by atoms with van der Waals surface area (Å²) in [5, 5.41) is 14.4.